The number of nitrogens with one attached hydrogen (secondary N) is 1. The maximum Gasteiger partial charge on any atom is 0.265 e. The van der Waals surface area contributed by atoms with Gasteiger partial charge in [0.15, 0.2) is 0 Å². The summed E-state index contributed by atoms with van der Waals surface area (Å²) in [4.78, 5) is 15.0. The van der Waals surface area contributed by atoms with Crippen molar-refractivity contribution in [1.29, 1.82) is 0 Å². The summed E-state index contributed by atoms with van der Waals surface area (Å²) in [5, 5.41) is 2.08. The number of halogens is 1. The molecule has 1 aromatic carbocycles. The van der Waals surface area contributed by atoms with Crippen LogP contribution in [0.2, 0.25) is 0 Å². The lowest BCUT2D eigenvalue weighted by Gasteiger charge is -2.16. The smallest absolute Gasteiger partial charge is 0.265 e. The van der Waals surface area contributed by atoms with Gasteiger partial charge in [-0.05, 0) is 46.7 Å². The lowest BCUT2D eigenvalue weighted by Crippen LogP contribution is -2.30. The normalized spacial score (nSPS) is 10.8. The zero-order valence-electron chi connectivity index (χ0n) is 11.1. The molecule has 0 spiro atoms. The van der Waals surface area contributed by atoms with Gasteiger partial charge in [-0.25, -0.2) is 5.84 Å². The lowest BCUT2D eigenvalue weighted by molar-refractivity contribution is 0.0953. The molecule has 0 saturated carbocycles. The van der Waals surface area contributed by atoms with E-state index in [-0.39, 0.29) is 5.91 Å². The second-order valence-electron chi connectivity index (χ2n) is 4.58. The molecule has 4 nitrogen and oxygen atoms in total. The standard InChI is InChI=1S/C14H16BrN3OS/c1-18(8-13-6-12(15)9-20-13)7-10-3-2-4-11(5-10)14(19)17-16/h2-6,9H,7-8,16H2,1H3,(H,17,19). The number of carbonyl (C=O) groups excluding carboxylic acids is 1. The average molecular weight is 354 g/mol. The fourth-order valence-corrected chi connectivity index (χ4v) is 3.49. The van der Waals surface area contributed by atoms with Gasteiger partial charge >= 0.3 is 0 Å². The van der Waals surface area contributed by atoms with Crippen LogP contribution in [0, 0.1) is 0 Å². The van der Waals surface area contributed by atoms with Crippen molar-refractivity contribution in [1.82, 2.24) is 10.3 Å². The van der Waals surface area contributed by atoms with Crippen LogP contribution in [0.4, 0.5) is 0 Å². The van der Waals surface area contributed by atoms with Gasteiger partial charge in [-0.2, -0.15) is 0 Å². The van der Waals surface area contributed by atoms with Crippen molar-refractivity contribution in [3.63, 3.8) is 0 Å². The highest BCUT2D eigenvalue weighted by molar-refractivity contribution is 9.10. The average Bonchev–Trinajstić information content (AvgIpc) is 2.83. The van der Waals surface area contributed by atoms with Crippen LogP contribution in [0.1, 0.15) is 20.8 Å². The molecule has 1 aromatic heterocycles. The highest BCUT2D eigenvalue weighted by atomic mass is 79.9. The number of amides is 1. The molecule has 106 valence electrons. The molecule has 2 rings (SSSR count). The Kier molecular flexibility index (Phi) is 5.31. The molecule has 1 heterocycles. The van der Waals surface area contributed by atoms with E-state index in [4.69, 9.17) is 5.84 Å². The summed E-state index contributed by atoms with van der Waals surface area (Å²) in [5.74, 6) is 4.88. The molecule has 0 saturated heterocycles. The SMILES string of the molecule is CN(Cc1cccc(C(=O)NN)c1)Cc1cc(Br)cs1. The van der Waals surface area contributed by atoms with E-state index >= 15 is 0 Å². The summed E-state index contributed by atoms with van der Waals surface area (Å²) in [6.07, 6.45) is 0. The van der Waals surface area contributed by atoms with Crippen LogP contribution in [-0.2, 0) is 13.1 Å². The van der Waals surface area contributed by atoms with E-state index in [1.54, 1.807) is 17.4 Å². The molecular weight excluding hydrogens is 338 g/mol. The fourth-order valence-electron chi connectivity index (χ4n) is 1.96. The van der Waals surface area contributed by atoms with Gasteiger partial charge in [0.2, 0.25) is 0 Å². The van der Waals surface area contributed by atoms with Crippen LogP contribution in [0.5, 0.6) is 0 Å². The summed E-state index contributed by atoms with van der Waals surface area (Å²) >= 11 is 5.19. The molecule has 0 aliphatic rings. The van der Waals surface area contributed by atoms with Crippen LogP contribution in [-0.4, -0.2) is 17.9 Å². The Morgan fingerprint density at radius 2 is 2.20 bits per heavy atom. The molecule has 0 fully saturated rings. The Labute approximate surface area is 130 Å². The molecule has 1 amide bonds. The molecule has 0 unspecified atom stereocenters. The molecule has 0 aliphatic heterocycles. The molecule has 0 radical (unpaired) electrons. The van der Waals surface area contributed by atoms with E-state index in [0.717, 1.165) is 23.1 Å². The topological polar surface area (TPSA) is 58.4 Å². The number of benzene rings is 1. The van der Waals surface area contributed by atoms with Crippen LogP contribution < -0.4 is 11.3 Å². The Hall–Kier alpha value is -1.21. The maximum absolute atomic E-state index is 11.5. The predicted octanol–water partition coefficient (Wildman–Crippen LogP) is 2.75. The molecule has 2 aromatic rings. The van der Waals surface area contributed by atoms with Gasteiger partial charge in [-0.15, -0.1) is 11.3 Å². The molecule has 20 heavy (non-hydrogen) atoms. The molecule has 0 bridgehead atoms. The van der Waals surface area contributed by atoms with E-state index in [9.17, 15) is 4.79 Å². The minimum Gasteiger partial charge on any atom is -0.297 e. The van der Waals surface area contributed by atoms with Crippen molar-refractivity contribution in [3.05, 3.63) is 56.2 Å². The van der Waals surface area contributed by atoms with E-state index in [0.29, 0.717) is 5.56 Å². The number of nitrogens with two attached hydrogens (primary N) is 1. The van der Waals surface area contributed by atoms with Gasteiger partial charge < -0.3 is 0 Å². The minimum absolute atomic E-state index is 0.267. The van der Waals surface area contributed by atoms with E-state index in [1.807, 2.05) is 18.2 Å². The number of hydrogen-bond donors (Lipinski definition) is 2. The molecule has 0 atom stereocenters. The van der Waals surface area contributed by atoms with Crippen molar-refractivity contribution in [2.24, 2.45) is 5.84 Å². The van der Waals surface area contributed by atoms with Crippen molar-refractivity contribution >= 4 is 33.2 Å². The third-order valence-corrected chi connectivity index (χ3v) is 4.50. The highest BCUT2D eigenvalue weighted by Crippen LogP contribution is 2.21. The van der Waals surface area contributed by atoms with E-state index in [2.05, 4.69) is 44.7 Å². The first-order valence-electron chi connectivity index (χ1n) is 6.10. The van der Waals surface area contributed by atoms with Crippen LogP contribution >= 0.6 is 27.3 Å². The van der Waals surface area contributed by atoms with Gasteiger partial charge in [-0.3, -0.25) is 15.1 Å². The molecular formula is C14H16BrN3OS. The zero-order valence-corrected chi connectivity index (χ0v) is 13.5. The Bertz CT molecular complexity index is 600. The van der Waals surface area contributed by atoms with Crippen molar-refractivity contribution in [3.8, 4) is 0 Å². The van der Waals surface area contributed by atoms with Gasteiger partial charge in [0.25, 0.3) is 5.91 Å². The first-order chi connectivity index (χ1) is 9.58. The maximum atomic E-state index is 11.5. The number of nitrogen functional groups attached to an aromatic ring is 1. The third kappa shape index (κ3) is 4.14. The quantitative estimate of drug-likeness (QED) is 0.493. The lowest BCUT2D eigenvalue weighted by atomic mass is 10.1. The minimum atomic E-state index is -0.267. The first kappa shape index (κ1) is 15.2. The Morgan fingerprint density at radius 3 is 2.85 bits per heavy atom. The van der Waals surface area contributed by atoms with Gasteiger partial charge in [-0.1, -0.05) is 12.1 Å². The number of thiophene rings is 1. The number of hydrazine groups is 1. The second kappa shape index (κ2) is 6.99. The third-order valence-electron chi connectivity index (χ3n) is 2.82. The Morgan fingerprint density at radius 1 is 1.40 bits per heavy atom. The zero-order chi connectivity index (χ0) is 14.5. The van der Waals surface area contributed by atoms with Crippen molar-refractivity contribution < 1.29 is 4.79 Å². The highest BCUT2D eigenvalue weighted by Gasteiger charge is 2.07. The number of carbonyl (C=O) groups is 1. The van der Waals surface area contributed by atoms with Crippen LogP contribution in [0.15, 0.2) is 40.2 Å². The van der Waals surface area contributed by atoms with E-state index < -0.39 is 0 Å². The monoisotopic (exact) mass is 353 g/mol. The summed E-state index contributed by atoms with van der Waals surface area (Å²) in [5.41, 5.74) is 3.82. The van der Waals surface area contributed by atoms with Gasteiger partial charge in [0.1, 0.15) is 0 Å². The molecule has 6 heteroatoms. The van der Waals surface area contributed by atoms with Crippen molar-refractivity contribution in [2.75, 3.05) is 7.05 Å². The van der Waals surface area contributed by atoms with Crippen molar-refractivity contribution in [2.45, 2.75) is 13.1 Å². The second-order valence-corrected chi connectivity index (χ2v) is 6.49. The predicted molar refractivity (Wildman–Crippen MR) is 85.3 cm³/mol. The number of hydrogen-bond acceptors (Lipinski definition) is 4. The summed E-state index contributed by atoms with van der Waals surface area (Å²) in [7, 11) is 2.06. The summed E-state index contributed by atoms with van der Waals surface area (Å²) < 4.78 is 1.12. The number of nitrogens with zero attached hydrogens (tertiary/aromatic N) is 1. The Balaban J connectivity index is 2.00. The summed E-state index contributed by atoms with van der Waals surface area (Å²) in [6.45, 7) is 1.66. The van der Waals surface area contributed by atoms with Gasteiger partial charge in [0, 0.05) is 33.4 Å². The first-order valence-corrected chi connectivity index (χ1v) is 7.77. The number of rotatable bonds is 5. The largest absolute Gasteiger partial charge is 0.297 e. The van der Waals surface area contributed by atoms with Crippen LogP contribution in [0.25, 0.3) is 0 Å². The van der Waals surface area contributed by atoms with Crippen LogP contribution in [0.3, 0.4) is 0 Å². The molecule has 3 N–H and O–H groups in total. The fraction of sp³-hybridized carbons (Fsp3) is 0.214. The summed E-state index contributed by atoms with van der Waals surface area (Å²) in [6, 6.07) is 9.62. The molecule has 0 aliphatic carbocycles. The van der Waals surface area contributed by atoms with E-state index in [1.165, 1.54) is 4.88 Å². The van der Waals surface area contributed by atoms with Gasteiger partial charge in [0.05, 0.1) is 0 Å².